The van der Waals surface area contributed by atoms with E-state index in [0.717, 1.165) is 5.33 Å². The molecule has 0 aliphatic carbocycles. The molecule has 0 radical (unpaired) electrons. The molecule has 0 bridgehead atoms. The Morgan fingerprint density at radius 1 is 1.20 bits per heavy atom. The fourth-order valence-electron chi connectivity index (χ4n) is 0.983. The zero-order chi connectivity index (χ0) is 12.1. The first kappa shape index (κ1) is 15.4. The van der Waals surface area contributed by atoms with Crippen molar-refractivity contribution in [3.05, 3.63) is 0 Å². The second-order valence-corrected chi connectivity index (χ2v) is 7.06. The summed E-state index contributed by atoms with van der Waals surface area (Å²) < 4.78 is 26.0. The molecule has 0 aliphatic heterocycles. The van der Waals surface area contributed by atoms with Crippen LogP contribution in [0.25, 0.3) is 0 Å². The van der Waals surface area contributed by atoms with E-state index in [0.29, 0.717) is 18.3 Å². The molecule has 2 unspecified atom stereocenters. The lowest BCUT2D eigenvalue weighted by Crippen LogP contribution is -2.39. The topological polar surface area (TPSA) is 46.2 Å². The molecular weight excluding hydrogens is 278 g/mol. The summed E-state index contributed by atoms with van der Waals surface area (Å²) >= 11 is 3.35. The molecule has 92 valence electrons. The van der Waals surface area contributed by atoms with Crippen molar-refractivity contribution in [3.63, 3.8) is 0 Å². The highest BCUT2D eigenvalue weighted by Gasteiger charge is 2.18. The monoisotopic (exact) mass is 299 g/mol. The molecule has 0 saturated heterocycles. The SMILES string of the molecule is CC(C)CCS(=O)(=O)NC(C)C(C)CBr. The van der Waals surface area contributed by atoms with Crippen LogP contribution in [0.2, 0.25) is 0 Å². The van der Waals surface area contributed by atoms with Crippen LogP contribution in [-0.2, 0) is 10.0 Å². The van der Waals surface area contributed by atoms with Crippen molar-refractivity contribution in [1.29, 1.82) is 0 Å². The van der Waals surface area contributed by atoms with Gasteiger partial charge in [0, 0.05) is 11.4 Å². The summed E-state index contributed by atoms with van der Waals surface area (Å²) in [6.45, 7) is 7.98. The van der Waals surface area contributed by atoms with Crippen molar-refractivity contribution in [1.82, 2.24) is 4.72 Å². The minimum Gasteiger partial charge on any atom is -0.212 e. The van der Waals surface area contributed by atoms with Crippen molar-refractivity contribution in [3.8, 4) is 0 Å². The smallest absolute Gasteiger partial charge is 0.211 e. The van der Waals surface area contributed by atoms with Crippen molar-refractivity contribution in [2.75, 3.05) is 11.1 Å². The van der Waals surface area contributed by atoms with Gasteiger partial charge in [-0.05, 0) is 25.2 Å². The predicted molar refractivity (Wildman–Crippen MR) is 68.8 cm³/mol. The molecule has 0 aromatic carbocycles. The van der Waals surface area contributed by atoms with Crippen molar-refractivity contribution < 1.29 is 8.42 Å². The Balaban J connectivity index is 4.14. The Morgan fingerprint density at radius 3 is 2.13 bits per heavy atom. The van der Waals surface area contributed by atoms with Gasteiger partial charge in [-0.1, -0.05) is 36.7 Å². The van der Waals surface area contributed by atoms with Crippen LogP contribution in [0, 0.1) is 11.8 Å². The molecule has 0 aliphatic rings. The minimum atomic E-state index is -3.10. The van der Waals surface area contributed by atoms with Crippen LogP contribution < -0.4 is 4.72 Å². The molecule has 2 atom stereocenters. The third-order valence-corrected chi connectivity index (χ3v) is 4.95. The number of rotatable bonds is 7. The minimum absolute atomic E-state index is 0.0125. The van der Waals surface area contributed by atoms with Gasteiger partial charge in [0.05, 0.1) is 5.75 Å². The largest absolute Gasteiger partial charge is 0.212 e. The molecule has 0 aromatic rings. The van der Waals surface area contributed by atoms with E-state index in [1.807, 2.05) is 27.7 Å². The Labute approximate surface area is 102 Å². The van der Waals surface area contributed by atoms with Crippen molar-refractivity contribution in [2.24, 2.45) is 11.8 Å². The second kappa shape index (κ2) is 6.86. The Kier molecular flexibility index (Phi) is 7.04. The molecule has 0 spiro atoms. The van der Waals surface area contributed by atoms with Crippen LogP contribution in [0.5, 0.6) is 0 Å². The Bertz CT molecular complexity index is 265. The number of alkyl halides is 1. The van der Waals surface area contributed by atoms with E-state index in [-0.39, 0.29) is 11.8 Å². The quantitative estimate of drug-likeness (QED) is 0.734. The average molecular weight is 300 g/mol. The number of hydrogen-bond donors (Lipinski definition) is 1. The van der Waals surface area contributed by atoms with E-state index >= 15 is 0 Å². The van der Waals surface area contributed by atoms with Crippen LogP contribution in [-0.4, -0.2) is 25.5 Å². The third kappa shape index (κ3) is 7.30. The summed E-state index contributed by atoms with van der Waals surface area (Å²) in [5.41, 5.74) is 0. The van der Waals surface area contributed by atoms with Crippen molar-refractivity contribution in [2.45, 2.75) is 40.2 Å². The zero-order valence-corrected chi connectivity index (χ0v) is 12.4. The van der Waals surface area contributed by atoms with Gasteiger partial charge in [0.25, 0.3) is 0 Å². The summed E-state index contributed by atoms with van der Waals surface area (Å²) in [6.07, 6.45) is 0.713. The molecule has 0 fully saturated rings. The first-order valence-corrected chi connectivity index (χ1v) is 8.12. The van der Waals surface area contributed by atoms with Gasteiger partial charge in [-0.15, -0.1) is 0 Å². The highest BCUT2D eigenvalue weighted by atomic mass is 79.9. The maximum Gasteiger partial charge on any atom is 0.211 e. The molecule has 0 saturated carbocycles. The van der Waals surface area contributed by atoms with E-state index in [4.69, 9.17) is 0 Å². The van der Waals surface area contributed by atoms with Crippen LogP contribution in [0.4, 0.5) is 0 Å². The number of sulfonamides is 1. The van der Waals surface area contributed by atoms with Gasteiger partial charge in [-0.25, -0.2) is 13.1 Å². The van der Waals surface area contributed by atoms with Gasteiger partial charge in [0.2, 0.25) is 10.0 Å². The van der Waals surface area contributed by atoms with E-state index in [2.05, 4.69) is 20.7 Å². The Morgan fingerprint density at radius 2 is 1.73 bits per heavy atom. The number of nitrogens with one attached hydrogen (secondary N) is 1. The maximum absolute atomic E-state index is 11.6. The molecule has 0 aromatic heterocycles. The zero-order valence-electron chi connectivity index (χ0n) is 9.96. The highest BCUT2D eigenvalue weighted by Crippen LogP contribution is 2.08. The maximum atomic E-state index is 11.6. The molecule has 15 heavy (non-hydrogen) atoms. The van der Waals surface area contributed by atoms with Gasteiger partial charge in [0.15, 0.2) is 0 Å². The van der Waals surface area contributed by atoms with Gasteiger partial charge >= 0.3 is 0 Å². The van der Waals surface area contributed by atoms with Crippen LogP contribution >= 0.6 is 15.9 Å². The lowest BCUT2D eigenvalue weighted by atomic mass is 10.1. The fourth-order valence-corrected chi connectivity index (χ4v) is 3.24. The standard InChI is InChI=1S/C10H22BrNO2S/c1-8(2)5-6-15(13,14)12-10(4)9(3)7-11/h8-10,12H,5-7H2,1-4H3. The number of hydrogen-bond acceptors (Lipinski definition) is 2. The van der Waals surface area contributed by atoms with Gasteiger partial charge < -0.3 is 0 Å². The van der Waals surface area contributed by atoms with Gasteiger partial charge in [-0.2, -0.15) is 0 Å². The lowest BCUT2D eigenvalue weighted by molar-refractivity contribution is 0.481. The van der Waals surface area contributed by atoms with E-state index in [1.165, 1.54) is 0 Å². The molecule has 5 heteroatoms. The van der Waals surface area contributed by atoms with Crippen LogP contribution in [0.3, 0.4) is 0 Å². The Hall–Kier alpha value is 0.390. The molecule has 0 amide bonds. The van der Waals surface area contributed by atoms with Crippen LogP contribution in [0.1, 0.15) is 34.1 Å². The van der Waals surface area contributed by atoms with E-state index in [9.17, 15) is 8.42 Å². The predicted octanol–water partition coefficient (Wildman–Crippen LogP) is 2.37. The van der Waals surface area contributed by atoms with Crippen LogP contribution in [0.15, 0.2) is 0 Å². The van der Waals surface area contributed by atoms with Gasteiger partial charge in [0.1, 0.15) is 0 Å². The molecule has 1 N–H and O–H groups in total. The molecule has 0 rings (SSSR count). The molecule has 3 nitrogen and oxygen atoms in total. The summed E-state index contributed by atoms with van der Waals surface area (Å²) in [5.74, 6) is 0.952. The molecule has 0 heterocycles. The lowest BCUT2D eigenvalue weighted by Gasteiger charge is -2.19. The first-order chi connectivity index (χ1) is 6.78. The average Bonchev–Trinajstić information content (AvgIpc) is 2.13. The van der Waals surface area contributed by atoms with Gasteiger partial charge in [-0.3, -0.25) is 0 Å². The fraction of sp³-hybridized carbons (Fsp3) is 1.00. The highest BCUT2D eigenvalue weighted by molar-refractivity contribution is 9.09. The summed E-state index contributed by atoms with van der Waals surface area (Å²) in [6, 6.07) is -0.0125. The summed E-state index contributed by atoms with van der Waals surface area (Å²) in [5, 5.41) is 0.806. The van der Waals surface area contributed by atoms with Crippen molar-refractivity contribution >= 4 is 26.0 Å². The summed E-state index contributed by atoms with van der Waals surface area (Å²) in [7, 11) is -3.10. The molecular formula is C10H22BrNO2S. The third-order valence-electron chi connectivity index (χ3n) is 2.43. The van der Waals surface area contributed by atoms with E-state index in [1.54, 1.807) is 0 Å². The first-order valence-electron chi connectivity index (χ1n) is 5.34. The second-order valence-electron chi connectivity index (χ2n) is 4.54. The summed E-state index contributed by atoms with van der Waals surface area (Å²) in [4.78, 5) is 0. The number of halogens is 1. The normalized spacial score (nSPS) is 16.7. The van der Waals surface area contributed by atoms with E-state index < -0.39 is 10.0 Å².